The van der Waals surface area contributed by atoms with E-state index in [0.29, 0.717) is 12.1 Å². The molecular weight excluding hydrogens is 346 g/mol. The summed E-state index contributed by atoms with van der Waals surface area (Å²) in [7, 11) is 1.53. The number of hydrogen-bond acceptors (Lipinski definition) is 5. The van der Waals surface area contributed by atoms with Crippen molar-refractivity contribution in [2.75, 3.05) is 17.5 Å². The van der Waals surface area contributed by atoms with Crippen LogP contribution < -0.4 is 10.4 Å². The molecule has 1 aliphatic carbocycles. The highest BCUT2D eigenvalue weighted by Crippen LogP contribution is 2.50. The Hall–Kier alpha value is -2.90. The van der Waals surface area contributed by atoms with Crippen LogP contribution in [0.2, 0.25) is 0 Å². The molecule has 1 saturated heterocycles. The second kappa shape index (κ2) is 5.31. The van der Waals surface area contributed by atoms with E-state index in [2.05, 4.69) is 5.48 Å². The van der Waals surface area contributed by atoms with Gasteiger partial charge in [0.1, 0.15) is 5.54 Å². The minimum absolute atomic E-state index is 0.272. The van der Waals surface area contributed by atoms with Crippen LogP contribution in [0.25, 0.3) is 10.8 Å². The Morgan fingerprint density at radius 1 is 1.19 bits per heavy atom. The fourth-order valence-corrected chi connectivity index (χ4v) is 4.65. The van der Waals surface area contributed by atoms with E-state index < -0.39 is 23.7 Å². The molecular formula is C20H19N3O4. The van der Waals surface area contributed by atoms with Crippen LogP contribution in [-0.2, 0) is 9.63 Å². The summed E-state index contributed by atoms with van der Waals surface area (Å²) in [4.78, 5) is 34.4. The van der Waals surface area contributed by atoms with Gasteiger partial charge in [0.15, 0.2) is 0 Å². The molecule has 5 rings (SSSR count). The smallest absolute Gasteiger partial charge is 0.333 e. The Morgan fingerprint density at radius 3 is 2.67 bits per heavy atom. The van der Waals surface area contributed by atoms with Gasteiger partial charge in [0.2, 0.25) is 0 Å². The number of aliphatic hydroxyl groups excluding tert-OH is 1. The minimum atomic E-state index is -1.01. The molecule has 2 heterocycles. The van der Waals surface area contributed by atoms with E-state index in [9.17, 15) is 14.7 Å². The number of nitrogens with zero attached hydrogens (tertiary/aromatic N) is 2. The summed E-state index contributed by atoms with van der Waals surface area (Å²) in [5.74, 6) is -0.272. The van der Waals surface area contributed by atoms with Crippen LogP contribution >= 0.6 is 0 Å². The van der Waals surface area contributed by atoms with Crippen molar-refractivity contribution in [2.24, 2.45) is 0 Å². The molecule has 3 aliphatic rings. The summed E-state index contributed by atoms with van der Waals surface area (Å²) in [6.07, 6.45) is 1.65. The summed E-state index contributed by atoms with van der Waals surface area (Å²) in [5.41, 5.74) is 3.93. The molecule has 0 saturated carbocycles. The number of carbonyl (C=O) groups is 2. The van der Waals surface area contributed by atoms with Gasteiger partial charge < -0.3 is 5.11 Å². The zero-order valence-electron chi connectivity index (χ0n) is 15.0. The number of imide groups is 1. The fraction of sp³-hybridized carbons (Fsp3) is 0.300. The average molecular weight is 365 g/mol. The third-order valence-corrected chi connectivity index (χ3v) is 5.97. The average Bonchev–Trinajstić information content (AvgIpc) is 3.24. The van der Waals surface area contributed by atoms with E-state index in [0.717, 1.165) is 22.0 Å². The van der Waals surface area contributed by atoms with Gasteiger partial charge in [-0.2, -0.15) is 0 Å². The lowest BCUT2D eigenvalue weighted by molar-refractivity contribution is -0.123. The van der Waals surface area contributed by atoms with Crippen LogP contribution in [0.15, 0.2) is 48.0 Å². The first-order valence-electron chi connectivity index (χ1n) is 8.86. The largest absolute Gasteiger partial charge is 0.390 e. The van der Waals surface area contributed by atoms with Crippen molar-refractivity contribution >= 4 is 34.1 Å². The third-order valence-electron chi connectivity index (χ3n) is 5.97. The standard InChI is InChI=1S/C20H19N3O4/c1-20-11-9-16(17(24)10-11)23(20)19(26)22(18(20)25)15-8-7-14(21-27-2)12-5-3-4-6-13(12)15/h3-9,16-17,21,24H,10H2,1-2H3/t16-,17-,20+/m0/s1. The number of aliphatic hydroxyl groups is 1. The molecule has 7 heteroatoms. The van der Waals surface area contributed by atoms with Gasteiger partial charge in [-0.15, -0.1) is 0 Å². The molecule has 27 heavy (non-hydrogen) atoms. The molecule has 3 atom stereocenters. The van der Waals surface area contributed by atoms with E-state index in [1.807, 2.05) is 30.3 Å². The second-order valence-electron chi connectivity index (χ2n) is 7.30. The number of anilines is 2. The maximum Gasteiger partial charge on any atom is 0.333 e. The summed E-state index contributed by atoms with van der Waals surface area (Å²) < 4.78 is 0. The van der Waals surface area contributed by atoms with Crippen molar-refractivity contribution in [3.8, 4) is 0 Å². The van der Waals surface area contributed by atoms with Crippen molar-refractivity contribution < 1.29 is 19.5 Å². The predicted octanol–water partition coefficient (Wildman–Crippen LogP) is 2.41. The normalized spacial score (nSPS) is 28.9. The number of amides is 3. The molecule has 1 fully saturated rings. The first kappa shape index (κ1) is 16.3. The first-order chi connectivity index (χ1) is 13.0. The summed E-state index contributed by atoms with van der Waals surface area (Å²) in [5, 5.41) is 11.8. The van der Waals surface area contributed by atoms with Crippen molar-refractivity contribution in [3.05, 3.63) is 48.0 Å². The number of carbonyl (C=O) groups excluding carboxylic acids is 2. The molecule has 0 spiro atoms. The quantitative estimate of drug-likeness (QED) is 0.496. The van der Waals surface area contributed by atoms with Gasteiger partial charge in [-0.25, -0.2) is 9.69 Å². The van der Waals surface area contributed by atoms with E-state index in [1.165, 1.54) is 16.9 Å². The molecule has 3 amide bonds. The van der Waals surface area contributed by atoms with Crippen LogP contribution in [-0.4, -0.2) is 46.7 Å². The molecule has 2 bridgehead atoms. The van der Waals surface area contributed by atoms with Crippen molar-refractivity contribution in [2.45, 2.75) is 31.0 Å². The lowest BCUT2D eigenvalue weighted by Gasteiger charge is -2.37. The van der Waals surface area contributed by atoms with Gasteiger partial charge >= 0.3 is 6.03 Å². The number of nitrogens with one attached hydrogen (secondary N) is 1. The summed E-state index contributed by atoms with van der Waals surface area (Å²) >= 11 is 0. The SMILES string of the molecule is CONc1ccc(N2C(=O)N3[C@H]4C=C(C[C@@H]4O)[C@]3(C)C2=O)c2ccccc12. The number of hydrogen-bond donors (Lipinski definition) is 2. The first-order valence-corrected chi connectivity index (χ1v) is 8.86. The fourth-order valence-electron chi connectivity index (χ4n) is 4.65. The molecule has 0 aromatic heterocycles. The van der Waals surface area contributed by atoms with Gasteiger partial charge in [-0.1, -0.05) is 30.3 Å². The highest BCUT2D eigenvalue weighted by atomic mass is 16.6. The molecule has 2 aromatic rings. The molecule has 0 unspecified atom stereocenters. The number of piperidine rings is 1. The molecule has 7 nitrogen and oxygen atoms in total. The molecule has 2 aromatic carbocycles. The van der Waals surface area contributed by atoms with Gasteiger partial charge in [0.25, 0.3) is 5.91 Å². The van der Waals surface area contributed by atoms with E-state index >= 15 is 0 Å². The van der Waals surface area contributed by atoms with Gasteiger partial charge in [-0.3, -0.25) is 20.0 Å². The third kappa shape index (κ3) is 1.87. The molecule has 2 N–H and O–H groups in total. The van der Waals surface area contributed by atoms with Crippen LogP contribution in [0.3, 0.4) is 0 Å². The van der Waals surface area contributed by atoms with E-state index in [4.69, 9.17) is 4.84 Å². The van der Waals surface area contributed by atoms with E-state index in [1.54, 1.807) is 19.1 Å². The highest BCUT2D eigenvalue weighted by molar-refractivity contribution is 6.28. The Labute approximate surface area is 155 Å². The Balaban J connectivity index is 1.67. The van der Waals surface area contributed by atoms with Crippen LogP contribution in [0, 0.1) is 0 Å². The summed E-state index contributed by atoms with van der Waals surface area (Å²) in [6, 6.07) is 10.2. The van der Waals surface area contributed by atoms with Gasteiger partial charge in [-0.05, 0) is 31.1 Å². The Bertz CT molecular complexity index is 1030. The van der Waals surface area contributed by atoms with Crippen LogP contribution in [0.5, 0.6) is 0 Å². The predicted molar refractivity (Wildman–Crippen MR) is 100 cm³/mol. The second-order valence-corrected chi connectivity index (χ2v) is 7.30. The maximum atomic E-state index is 13.4. The van der Waals surface area contributed by atoms with Crippen molar-refractivity contribution in [1.82, 2.24) is 4.90 Å². The lowest BCUT2D eigenvalue weighted by atomic mass is 9.87. The number of fused-ring (bicyclic) bond motifs is 5. The summed E-state index contributed by atoms with van der Waals surface area (Å²) in [6.45, 7) is 1.77. The Kier molecular flexibility index (Phi) is 3.20. The highest BCUT2D eigenvalue weighted by Gasteiger charge is 2.65. The molecule has 0 radical (unpaired) electrons. The monoisotopic (exact) mass is 365 g/mol. The van der Waals surface area contributed by atoms with Crippen LogP contribution in [0.4, 0.5) is 16.2 Å². The maximum absolute atomic E-state index is 13.4. The number of urea groups is 1. The number of benzene rings is 2. The molecule has 138 valence electrons. The van der Waals surface area contributed by atoms with Crippen molar-refractivity contribution in [3.63, 3.8) is 0 Å². The molecule has 2 aliphatic heterocycles. The number of rotatable bonds is 3. The Morgan fingerprint density at radius 2 is 1.93 bits per heavy atom. The lowest BCUT2D eigenvalue weighted by Crippen LogP contribution is -2.54. The zero-order chi connectivity index (χ0) is 18.9. The topological polar surface area (TPSA) is 82.1 Å². The van der Waals surface area contributed by atoms with E-state index in [-0.39, 0.29) is 5.91 Å². The van der Waals surface area contributed by atoms with Crippen molar-refractivity contribution in [1.29, 1.82) is 0 Å². The van der Waals surface area contributed by atoms with Crippen LogP contribution in [0.1, 0.15) is 13.3 Å². The zero-order valence-corrected chi connectivity index (χ0v) is 15.0. The van der Waals surface area contributed by atoms with Gasteiger partial charge in [0.05, 0.1) is 30.6 Å². The van der Waals surface area contributed by atoms with Gasteiger partial charge in [0, 0.05) is 10.8 Å². The minimum Gasteiger partial charge on any atom is -0.390 e.